The van der Waals surface area contributed by atoms with Crippen molar-refractivity contribution in [2.75, 3.05) is 6.67 Å². The van der Waals surface area contributed by atoms with E-state index in [1.54, 1.807) is 10.8 Å². The van der Waals surface area contributed by atoms with Crippen LogP contribution in [-0.2, 0) is 13.2 Å². The first kappa shape index (κ1) is 15.9. The van der Waals surface area contributed by atoms with E-state index in [9.17, 15) is 9.18 Å². The molecule has 24 heavy (non-hydrogen) atoms. The van der Waals surface area contributed by atoms with E-state index in [0.717, 1.165) is 16.9 Å². The van der Waals surface area contributed by atoms with Gasteiger partial charge in [-0.1, -0.05) is 30.3 Å². The van der Waals surface area contributed by atoms with Gasteiger partial charge in [0.2, 0.25) is 0 Å². The van der Waals surface area contributed by atoms with Gasteiger partial charge in [0.1, 0.15) is 19.0 Å². The summed E-state index contributed by atoms with van der Waals surface area (Å²) in [6, 6.07) is 17.4. The largest absolute Gasteiger partial charge is 0.489 e. The topological polar surface area (TPSA) is 44.1 Å². The van der Waals surface area contributed by atoms with Crippen LogP contribution in [-0.4, -0.2) is 22.5 Å². The van der Waals surface area contributed by atoms with Gasteiger partial charge in [0.15, 0.2) is 12.1 Å². The molecule has 0 saturated carbocycles. The molecule has 0 saturated heterocycles. The van der Waals surface area contributed by atoms with Gasteiger partial charge >= 0.3 is 0 Å². The summed E-state index contributed by atoms with van der Waals surface area (Å²) in [6.45, 7) is 0.0490. The van der Waals surface area contributed by atoms with Crippen LogP contribution in [0.5, 0.6) is 5.75 Å². The van der Waals surface area contributed by atoms with E-state index in [-0.39, 0.29) is 12.4 Å². The third-order valence-corrected chi connectivity index (χ3v) is 3.70. The number of rotatable bonds is 7. The lowest BCUT2D eigenvalue weighted by atomic mass is 10.1. The number of aromatic nitrogens is 2. The van der Waals surface area contributed by atoms with Gasteiger partial charge in [-0.05, 0) is 29.8 Å². The molecular formula is C19H17FN2O2. The van der Waals surface area contributed by atoms with Crippen LogP contribution >= 0.6 is 0 Å². The van der Waals surface area contributed by atoms with Gasteiger partial charge in [0.05, 0.1) is 18.4 Å². The quantitative estimate of drug-likeness (QED) is 0.619. The number of hydrogen-bond acceptors (Lipinski definition) is 3. The van der Waals surface area contributed by atoms with Crippen molar-refractivity contribution in [3.05, 3.63) is 72.2 Å². The number of alkyl halides is 1. The number of hydrogen-bond donors (Lipinski definition) is 0. The Morgan fingerprint density at radius 3 is 2.50 bits per heavy atom. The monoisotopic (exact) mass is 324 g/mol. The summed E-state index contributed by atoms with van der Waals surface area (Å²) in [5.41, 5.74) is 2.67. The van der Waals surface area contributed by atoms with Gasteiger partial charge in [-0.15, -0.1) is 0 Å². The molecule has 0 N–H and O–H groups in total. The predicted octanol–water partition coefficient (Wildman–Crippen LogP) is 3.91. The summed E-state index contributed by atoms with van der Waals surface area (Å²) in [4.78, 5) is 15.0. The maximum absolute atomic E-state index is 12.7. The molecule has 1 aromatic heterocycles. The molecular weight excluding hydrogens is 307 g/mol. The van der Waals surface area contributed by atoms with Gasteiger partial charge < -0.3 is 9.30 Å². The fraction of sp³-hybridized carbons (Fsp3) is 0.158. The molecule has 0 aliphatic carbocycles. The van der Waals surface area contributed by atoms with Gasteiger partial charge in [-0.2, -0.15) is 0 Å². The smallest absolute Gasteiger partial charge is 0.185 e. The average Bonchev–Trinajstić information content (AvgIpc) is 3.04. The molecule has 1 heterocycles. The SMILES string of the molecule is O=Cc1ncc(-c2ccc(OCc3ccccc3)cc2)n1CCF. The zero-order chi connectivity index (χ0) is 16.8. The second-order valence-corrected chi connectivity index (χ2v) is 5.26. The molecule has 0 aliphatic rings. The van der Waals surface area contributed by atoms with E-state index in [0.29, 0.717) is 18.6 Å². The van der Waals surface area contributed by atoms with Crippen molar-refractivity contribution in [3.63, 3.8) is 0 Å². The Morgan fingerprint density at radius 1 is 1.08 bits per heavy atom. The van der Waals surface area contributed by atoms with Crippen molar-refractivity contribution in [2.24, 2.45) is 0 Å². The lowest BCUT2D eigenvalue weighted by molar-refractivity contribution is 0.111. The minimum Gasteiger partial charge on any atom is -0.489 e. The number of benzene rings is 2. The van der Waals surface area contributed by atoms with Crippen LogP contribution in [0.1, 0.15) is 16.2 Å². The molecule has 3 aromatic rings. The van der Waals surface area contributed by atoms with Crippen LogP contribution < -0.4 is 4.74 Å². The van der Waals surface area contributed by atoms with Crippen molar-refractivity contribution >= 4 is 6.29 Å². The molecule has 0 amide bonds. The molecule has 0 radical (unpaired) electrons. The van der Waals surface area contributed by atoms with E-state index in [1.807, 2.05) is 54.6 Å². The van der Waals surface area contributed by atoms with Gasteiger partial charge in [-0.25, -0.2) is 9.37 Å². The number of nitrogens with zero attached hydrogens (tertiary/aromatic N) is 2. The molecule has 4 nitrogen and oxygen atoms in total. The van der Waals surface area contributed by atoms with Crippen LogP contribution in [0.2, 0.25) is 0 Å². The van der Waals surface area contributed by atoms with Gasteiger partial charge in [-0.3, -0.25) is 4.79 Å². The van der Waals surface area contributed by atoms with Crippen LogP contribution in [0, 0.1) is 0 Å². The number of carbonyl (C=O) groups excluding carboxylic acids is 1. The number of ether oxygens (including phenoxy) is 1. The fourth-order valence-corrected chi connectivity index (χ4v) is 2.50. The third kappa shape index (κ3) is 3.51. The molecule has 122 valence electrons. The maximum atomic E-state index is 12.7. The second kappa shape index (κ2) is 7.55. The molecule has 0 atom stereocenters. The molecule has 0 bridgehead atoms. The molecule has 0 fully saturated rings. The Bertz CT molecular complexity index is 798. The fourth-order valence-electron chi connectivity index (χ4n) is 2.50. The zero-order valence-electron chi connectivity index (χ0n) is 13.1. The van der Waals surface area contributed by atoms with E-state index in [1.165, 1.54) is 0 Å². The molecule has 0 aliphatic heterocycles. The van der Waals surface area contributed by atoms with E-state index >= 15 is 0 Å². The number of carbonyl (C=O) groups is 1. The van der Waals surface area contributed by atoms with Crippen LogP contribution in [0.15, 0.2) is 60.8 Å². The summed E-state index contributed by atoms with van der Waals surface area (Å²) >= 11 is 0. The van der Waals surface area contributed by atoms with E-state index in [4.69, 9.17) is 4.74 Å². The van der Waals surface area contributed by atoms with Crippen molar-refractivity contribution in [1.82, 2.24) is 9.55 Å². The Labute approximate surface area is 139 Å². The van der Waals surface area contributed by atoms with Gasteiger partial charge in [0.25, 0.3) is 0 Å². The standard InChI is InChI=1S/C19H17FN2O2/c20-10-11-22-18(12-21-19(22)13-23)16-6-8-17(9-7-16)24-14-15-4-2-1-3-5-15/h1-9,12-13H,10-11,14H2. The lowest BCUT2D eigenvalue weighted by Crippen LogP contribution is -2.06. The minimum atomic E-state index is -0.553. The second-order valence-electron chi connectivity index (χ2n) is 5.26. The highest BCUT2D eigenvalue weighted by atomic mass is 19.1. The first-order valence-electron chi connectivity index (χ1n) is 7.65. The molecule has 0 spiro atoms. The Balaban J connectivity index is 1.75. The Hall–Kier alpha value is -2.95. The zero-order valence-corrected chi connectivity index (χ0v) is 13.1. The van der Waals surface area contributed by atoms with Crippen molar-refractivity contribution in [1.29, 1.82) is 0 Å². The maximum Gasteiger partial charge on any atom is 0.185 e. The van der Waals surface area contributed by atoms with Crippen LogP contribution in [0.3, 0.4) is 0 Å². The third-order valence-electron chi connectivity index (χ3n) is 3.70. The first-order valence-corrected chi connectivity index (χ1v) is 7.65. The highest BCUT2D eigenvalue weighted by Gasteiger charge is 2.11. The Morgan fingerprint density at radius 2 is 1.83 bits per heavy atom. The highest BCUT2D eigenvalue weighted by Crippen LogP contribution is 2.24. The summed E-state index contributed by atoms with van der Waals surface area (Å²) in [5, 5.41) is 0. The van der Waals surface area contributed by atoms with Crippen LogP contribution in [0.4, 0.5) is 4.39 Å². The average molecular weight is 324 g/mol. The van der Waals surface area contributed by atoms with Gasteiger partial charge in [0, 0.05) is 5.56 Å². The van der Waals surface area contributed by atoms with Crippen LogP contribution in [0.25, 0.3) is 11.3 Å². The number of imidazole rings is 1. The minimum absolute atomic E-state index is 0.107. The lowest BCUT2D eigenvalue weighted by Gasteiger charge is -2.09. The van der Waals surface area contributed by atoms with Crippen molar-refractivity contribution in [3.8, 4) is 17.0 Å². The Kier molecular flexibility index (Phi) is 5.01. The molecule has 0 unspecified atom stereocenters. The highest BCUT2D eigenvalue weighted by molar-refractivity contribution is 5.73. The summed E-state index contributed by atoms with van der Waals surface area (Å²) in [7, 11) is 0. The summed E-state index contributed by atoms with van der Waals surface area (Å²) in [6.07, 6.45) is 2.22. The van der Waals surface area contributed by atoms with E-state index < -0.39 is 6.67 Å². The molecule has 3 rings (SSSR count). The number of aldehydes is 1. The predicted molar refractivity (Wildman–Crippen MR) is 89.8 cm³/mol. The normalized spacial score (nSPS) is 10.5. The molecule has 2 aromatic carbocycles. The number of halogens is 1. The van der Waals surface area contributed by atoms with Crippen molar-refractivity contribution < 1.29 is 13.9 Å². The van der Waals surface area contributed by atoms with Crippen molar-refractivity contribution in [2.45, 2.75) is 13.2 Å². The molecule has 5 heteroatoms. The summed E-state index contributed by atoms with van der Waals surface area (Å²) in [5.74, 6) is 0.974. The van der Waals surface area contributed by atoms with E-state index in [2.05, 4.69) is 4.98 Å². The first-order chi connectivity index (χ1) is 11.8. The summed E-state index contributed by atoms with van der Waals surface area (Å²) < 4.78 is 20.0.